The molecule has 0 aromatic carbocycles. The highest BCUT2D eigenvalue weighted by Crippen LogP contribution is 2.28. The summed E-state index contributed by atoms with van der Waals surface area (Å²) < 4.78 is 33.3. The lowest BCUT2D eigenvalue weighted by atomic mass is 9.90. The van der Waals surface area contributed by atoms with Crippen LogP contribution in [0.5, 0.6) is 5.75 Å². The Labute approximate surface area is 177 Å². The maximum absolute atomic E-state index is 12.9. The van der Waals surface area contributed by atoms with E-state index in [1.807, 2.05) is 13.8 Å². The molecule has 3 rings (SSSR count). The van der Waals surface area contributed by atoms with E-state index in [1.165, 1.54) is 12.1 Å². The van der Waals surface area contributed by atoms with Gasteiger partial charge >= 0.3 is 5.97 Å². The molecule has 0 aliphatic rings. The second-order valence-corrected chi connectivity index (χ2v) is 8.00. The van der Waals surface area contributed by atoms with Gasteiger partial charge in [0.2, 0.25) is 0 Å². The highest BCUT2D eigenvalue weighted by molar-refractivity contribution is 5.96. The van der Waals surface area contributed by atoms with Crippen LogP contribution >= 0.6 is 0 Å². The minimum atomic E-state index is -2.77. The van der Waals surface area contributed by atoms with Gasteiger partial charge in [0.05, 0.1) is 11.8 Å². The Morgan fingerprint density at radius 2 is 1.90 bits per heavy atom. The van der Waals surface area contributed by atoms with Crippen molar-refractivity contribution in [3.63, 3.8) is 0 Å². The fourth-order valence-corrected chi connectivity index (χ4v) is 2.96. The molecule has 0 radical (unpaired) electrons. The molecule has 7 nitrogen and oxygen atoms in total. The van der Waals surface area contributed by atoms with Gasteiger partial charge in [0, 0.05) is 30.4 Å². The molecule has 9 heteroatoms. The number of carbonyl (C=O) groups is 2. The number of ether oxygens (including phenoxy) is 1. The Balaban J connectivity index is 2.02. The molecule has 0 fully saturated rings. The Hall–Kier alpha value is -3.36. The first-order valence-corrected chi connectivity index (χ1v) is 9.69. The number of nitrogens with zero attached hydrogens (tertiary/aromatic N) is 3. The van der Waals surface area contributed by atoms with Gasteiger partial charge in [-0.1, -0.05) is 6.07 Å². The minimum absolute atomic E-state index is 0.0632. The van der Waals surface area contributed by atoms with Crippen molar-refractivity contribution in [1.82, 2.24) is 14.4 Å². The summed E-state index contributed by atoms with van der Waals surface area (Å²) in [6.45, 7) is 6.76. The standard InChI is InChI=1S/C22H23F2N3O4/c1-12(2)31-17-9-19-26-18(22(3,4)21(29)30)11-27(19)10-13(17)8-16(28)14-6-5-7-15(25-14)20(23)24/h5-7,9-12,20H,8H2,1-4H3,(H,29,30). The summed E-state index contributed by atoms with van der Waals surface area (Å²) >= 11 is 0. The first-order valence-electron chi connectivity index (χ1n) is 9.69. The molecule has 0 spiro atoms. The summed E-state index contributed by atoms with van der Waals surface area (Å²) in [7, 11) is 0. The van der Waals surface area contributed by atoms with E-state index in [9.17, 15) is 23.5 Å². The van der Waals surface area contributed by atoms with Gasteiger partial charge in [0.25, 0.3) is 6.43 Å². The van der Waals surface area contributed by atoms with Crippen molar-refractivity contribution in [3.8, 4) is 5.75 Å². The average molecular weight is 431 g/mol. The number of imidazole rings is 1. The zero-order valence-electron chi connectivity index (χ0n) is 17.6. The van der Waals surface area contributed by atoms with Crippen molar-refractivity contribution in [2.75, 3.05) is 0 Å². The Kier molecular flexibility index (Phi) is 6.06. The number of carboxylic acid groups (broad SMARTS) is 1. The first kappa shape index (κ1) is 22.3. The summed E-state index contributed by atoms with van der Waals surface area (Å²) in [5.41, 5.74) is -0.408. The predicted molar refractivity (Wildman–Crippen MR) is 109 cm³/mol. The topological polar surface area (TPSA) is 93.8 Å². The third kappa shape index (κ3) is 4.70. The normalized spacial score (nSPS) is 12.0. The molecule has 1 N–H and O–H groups in total. The molecule has 0 saturated carbocycles. The number of carboxylic acids is 1. The molecule has 0 aliphatic heterocycles. The van der Waals surface area contributed by atoms with E-state index < -0.39 is 29.3 Å². The van der Waals surface area contributed by atoms with Crippen LogP contribution < -0.4 is 4.74 Å². The highest BCUT2D eigenvalue weighted by Gasteiger charge is 2.32. The highest BCUT2D eigenvalue weighted by atomic mass is 19.3. The summed E-state index contributed by atoms with van der Waals surface area (Å²) in [6, 6.07) is 5.55. The number of carbonyl (C=O) groups excluding carboxylic acids is 1. The summed E-state index contributed by atoms with van der Waals surface area (Å²) in [5.74, 6) is -1.05. The first-order chi connectivity index (χ1) is 14.5. The zero-order valence-corrected chi connectivity index (χ0v) is 17.6. The van der Waals surface area contributed by atoms with E-state index in [-0.39, 0.29) is 18.2 Å². The molecule has 0 amide bonds. The van der Waals surface area contributed by atoms with Gasteiger partial charge in [-0.3, -0.25) is 9.59 Å². The van der Waals surface area contributed by atoms with Gasteiger partial charge in [-0.2, -0.15) is 0 Å². The molecule has 3 aromatic rings. The van der Waals surface area contributed by atoms with Gasteiger partial charge in [-0.05, 0) is 39.8 Å². The van der Waals surface area contributed by atoms with Crippen molar-refractivity contribution in [3.05, 3.63) is 59.3 Å². The lowest BCUT2D eigenvalue weighted by Gasteiger charge is -2.15. The number of hydrogen-bond acceptors (Lipinski definition) is 5. The van der Waals surface area contributed by atoms with Crippen molar-refractivity contribution in [2.24, 2.45) is 0 Å². The maximum atomic E-state index is 12.9. The number of alkyl halides is 2. The van der Waals surface area contributed by atoms with Crippen LogP contribution in [0.15, 0.2) is 36.7 Å². The summed E-state index contributed by atoms with van der Waals surface area (Å²) in [6.07, 6.45) is 0.128. The van der Waals surface area contributed by atoms with Crippen LogP contribution in [0.2, 0.25) is 0 Å². The molecule has 0 saturated heterocycles. The molecule has 3 aromatic heterocycles. The molecular formula is C22H23F2N3O4. The molecule has 0 aliphatic carbocycles. The number of fused-ring (bicyclic) bond motifs is 1. The Morgan fingerprint density at radius 1 is 1.19 bits per heavy atom. The van der Waals surface area contributed by atoms with Crippen LogP contribution in [-0.4, -0.2) is 37.3 Å². The van der Waals surface area contributed by atoms with Gasteiger partial charge in [-0.25, -0.2) is 18.7 Å². The zero-order chi connectivity index (χ0) is 22.9. The van der Waals surface area contributed by atoms with Gasteiger partial charge in [0.1, 0.15) is 28.2 Å². The number of aromatic nitrogens is 3. The molecule has 0 bridgehead atoms. The lowest BCUT2D eigenvalue weighted by Crippen LogP contribution is -2.28. The smallest absolute Gasteiger partial charge is 0.315 e. The number of rotatable bonds is 8. The number of ketones is 1. The Bertz CT molecular complexity index is 1140. The van der Waals surface area contributed by atoms with Crippen LogP contribution in [0.25, 0.3) is 5.65 Å². The second-order valence-electron chi connectivity index (χ2n) is 8.00. The fourth-order valence-electron chi connectivity index (χ4n) is 2.96. The number of hydrogen-bond donors (Lipinski definition) is 1. The number of aliphatic carboxylic acids is 1. The van der Waals surface area contributed by atoms with Crippen molar-refractivity contribution >= 4 is 17.4 Å². The van der Waals surface area contributed by atoms with E-state index in [2.05, 4.69) is 9.97 Å². The van der Waals surface area contributed by atoms with Crippen LogP contribution in [0.3, 0.4) is 0 Å². The molecule has 3 heterocycles. The Morgan fingerprint density at radius 3 is 2.52 bits per heavy atom. The second kappa shape index (κ2) is 8.41. The van der Waals surface area contributed by atoms with Crippen molar-refractivity contribution < 1.29 is 28.2 Å². The van der Waals surface area contributed by atoms with Crippen LogP contribution in [0.1, 0.15) is 61.6 Å². The van der Waals surface area contributed by atoms with Gasteiger partial charge in [0.15, 0.2) is 5.78 Å². The number of Topliss-reactive ketones (excluding diaryl/α,β-unsaturated/α-hetero) is 1. The number of halogens is 2. The number of pyridine rings is 2. The average Bonchev–Trinajstić information content (AvgIpc) is 3.11. The minimum Gasteiger partial charge on any atom is -0.491 e. The summed E-state index contributed by atoms with van der Waals surface area (Å²) in [4.78, 5) is 32.5. The van der Waals surface area contributed by atoms with Crippen molar-refractivity contribution in [2.45, 2.75) is 52.1 Å². The van der Waals surface area contributed by atoms with E-state index in [1.54, 1.807) is 36.7 Å². The van der Waals surface area contributed by atoms with Crippen molar-refractivity contribution in [1.29, 1.82) is 0 Å². The van der Waals surface area contributed by atoms with Crippen LogP contribution in [0, 0.1) is 0 Å². The third-order valence-corrected chi connectivity index (χ3v) is 4.80. The van der Waals surface area contributed by atoms with Crippen LogP contribution in [0.4, 0.5) is 8.78 Å². The van der Waals surface area contributed by atoms with E-state index in [0.717, 1.165) is 6.07 Å². The van der Waals surface area contributed by atoms with Gasteiger partial charge in [-0.15, -0.1) is 0 Å². The SMILES string of the molecule is CC(C)Oc1cc2nc(C(C)(C)C(=O)O)cn2cc1CC(=O)c1cccc(C(F)F)n1. The molecule has 0 unspecified atom stereocenters. The van der Waals surface area contributed by atoms with E-state index in [0.29, 0.717) is 22.7 Å². The predicted octanol–water partition coefficient (Wildman–Crippen LogP) is 4.24. The van der Waals surface area contributed by atoms with E-state index >= 15 is 0 Å². The van der Waals surface area contributed by atoms with Gasteiger partial charge < -0.3 is 14.2 Å². The molecule has 164 valence electrons. The molecule has 0 atom stereocenters. The third-order valence-electron chi connectivity index (χ3n) is 4.80. The lowest BCUT2D eigenvalue weighted by molar-refractivity contribution is -0.142. The molecular weight excluding hydrogens is 408 g/mol. The van der Waals surface area contributed by atoms with E-state index in [4.69, 9.17) is 4.74 Å². The van der Waals surface area contributed by atoms with Crippen LogP contribution in [-0.2, 0) is 16.6 Å². The molecule has 31 heavy (non-hydrogen) atoms. The fraction of sp³-hybridized carbons (Fsp3) is 0.364. The summed E-state index contributed by atoms with van der Waals surface area (Å²) in [5, 5.41) is 9.48. The monoisotopic (exact) mass is 431 g/mol. The quantitative estimate of drug-likeness (QED) is 0.536. The largest absolute Gasteiger partial charge is 0.491 e. The maximum Gasteiger partial charge on any atom is 0.315 e.